The van der Waals surface area contributed by atoms with E-state index >= 15 is 0 Å². The van der Waals surface area contributed by atoms with Crippen LogP contribution in [0.2, 0.25) is 0 Å². The number of aromatic nitrogens is 4. The molecule has 0 saturated carbocycles. The number of nitrogens with zero attached hydrogens (tertiary/aromatic N) is 4. The summed E-state index contributed by atoms with van der Waals surface area (Å²) in [7, 11) is 0. The van der Waals surface area contributed by atoms with Crippen LogP contribution in [0.3, 0.4) is 0 Å². The van der Waals surface area contributed by atoms with Gasteiger partial charge in [-0.2, -0.15) is 4.98 Å². The second-order valence-electron chi connectivity index (χ2n) is 7.44. The Morgan fingerprint density at radius 1 is 1.03 bits per heavy atom. The first-order valence-electron chi connectivity index (χ1n) is 9.67. The van der Waals surface area contributed by atoms with E-state index in [9.17, 15) is 9.59 Å². The third-order valence-corrected chi connectivity index (χ3v) is 5.53. The lowest BCUT2D eigenvalue weighted by Crippen LogP contribution is -2.41. The molecule has 0 aliphatic heterocycles. The molecular weight excluding hydrogens is 400 g/mol. The number of thioether (sulfide) groups is 1. The maximum atomic E-state index is 13.1. The molecule has 4 rings (SSSR count). The minimum atomic E-state index is -0.378. The Balaban J connectivity index is 1.76. The van der Waals surface area contributed by atoms with E-state index in [1.807, 2.05) is 44.4 Å². The van der Waals surface area contributed by atoms with Crippen LogP contribution < -0.4 is 11.2 Å². The number of rotatable bonds is 6. The molecule has 0 N–H and O–H groups in total. The lowest BCUT2D eigenvalue weighted by molar-refractivity contribution is 0.368. The zero-order valence-electron chi connectivity index (χ0n) is 17.0. The Labute approximate surface area is 177 Å². The van der Waals surface area contributed by atoms with Gasteiger partial charge in [0.05, 0.1) is 10.9 Å². The predicted octanol–water partition coefficient (Wildman–Crippen LogP) is 3.64. The minimum absolute atomic E-state index is 0.0909. The van der Waals surface area contributed by atoms with Gasteiger partial charge in [-0.05, 0) is 48.6 Å². The van der Waals surface area contributed by atoms with Gasteiger partial charge in [0.1, 0.15) is 6.54 Å². The van der Waals surface area contributed by atoms with Crippen LogP contribution in [0.4, 0.5) is 0 Å². The summed E-state index contributed by atoms with van der Waals surface area (Å²) in [6, 6.07) is 15.0. The fourth-order valence-corrected chi connectivity index (χ4v) is 3.77. The van der Waals surface area contributed by atoms with Gasteiger partial charge in [-0.25, -0.2) is 4.79 Å². The molecule has 0 radical (unpaired) electrons. The van der Waals surface area contributed by atoms with E-state index in [2.05, 4.69) is 10.1 Å². The summed E-state index contributed by atoms with van der Waals surface area (Å²) < 4.78 is 8.23. The molecule has 0 spiro atoms. The van der Waals surface area contributed by atoms with Gasteiger partial charge >= 0.3 is 5.69 Å². The van der Waals surface area contributed by atoms with Crippen molar-refractivity contribution in [1.82, 2.24) is 19.3 Å². The molecule has 30 heavy (non-hydrogen) atoms. The highest BCUT2D eigenvalue weighted by Gasteiger charge is 2.17. The van der Waals surface area contributed by atoms with E-state index in [-0.39, 0.29) is 23.7 Å². The van der Waals surface area contributed by atoms with Crippen LogP contribution in [0.25, 0.3) is 22.3 Å². The Morgan fingerprint density at radius 2 is 1.77 bits per heavy atom. The van der Waals surface area contributed by atoms with Crippen molar-refractivity contribution in [3.05, 3.63) is 75.3 Å². The largest absolute Gasteiger partial charge is 0.337 e. The summed E-state index contributed by atoms with van der Waals surface area (Å²) in [5, 5.41) is 4.55. The first-order valence-corrected chi connectivity index (χ1v) is 10.9. The fraction of sp³-hybridized carbons (Fsp3) is 0.273. The van der Waals surface area contributed by atoms with Crippen molar-refractivity contribution in [1.29, 1.82) is 0 Å². The van der Waals surface area contributed by atoms with Crippen molar-refractivity contribution in [2.75, 3.05) is 6.26 Å². The van der Waals surface area contributed by atoms with Crippen molar-refractivity contribution in [3.8, 4) is 11.4 Å². The van der Waals surface area contributed by atoms with Crippen molar-refractivity contribution in [2.24, 2.45) is 5.92 Å². The summed E-state index contributed by atoms with van der Waals surface area (Å²) in [4.78, 5) is 31.6. The molecule has 0 saturated heterocycles. The van der Waals surface area contributed by atoms with Gasteiger partial charge in [0.2, 0.25) is 11.7 Å². The number of hydrogen-bond acceptors (Lipinski definition) is 6. The zero-order chi connectivity index (χ0) is 21.3. The van der Waals surface area contributed by atoms with Crippen LogP contribution in [0.1, 0.15) is 19.7 Å². The third kappa shape index (κ3) is 3.82. The second-order valence-corrected chi connectivity index (χ2v) is 8.32. The Hall–Kier alpha value is -3.13. The SMILES string of the molecule is CSc1ccc(-c2noc(Cn3c(=O)n(CC(C)C)c(=O)c4ccccc43)n2)cc1. The lowest BCUT2D eigenvalue weighted by atomic mass is 10.2. The summed E-state index contributed by atoms with van der Waals surface area (Å²) in [5.41, 5.74) is 0.735. The molecule has 2 heterocycles. The molecular formula is C22H22N4O3S. The number of para-hydroxylation sites is 1. The first kappa shape index (κ1) is 20.2. The van der Waals surface area contributed by atoms with Gasteiger partial charge in [0.25, 0.3) is 5.56 Å². The summed E-state index contributed by atoms with van der Waals surface area (Å²) in [6.45, 7) is 4.38. The fourth-order valence-electron chi connectivity index (χ4n) is 3.36. The van der Waals surface area contributed by atoms with Gasteiger partial charge < -0.3 is 4.52 Å². The average molecular weight is 423 g/mol. The standard InChI is InChI=1S/C22H22N4O3S/c1-14(2)12-26-21(27)17-6-4-5-7-18(17)25(22(26)28)13-19-23-20(24-29-19)15-8-10-16(30-3)11-9-15/h4-11,14H,12-13H2,1-3H3. The van der Waals surface area contributed by atoms with Gasteiger partial charge in [0, 0.05) is 17.0 Å². The van der Waals surface area contributed by atoms with Crippen molar-refractivity contribution in [2.45, 2.75) is 31.8 Å². The van der Waals surface area contributed by atoms with E-state index in [0.717, 1.165) is 10.5 Å². The van der Waals surface area contributed by atoms with Crippen LogP contribution in [0.5, 0.6) is 0 Å². The zero-order valence-corrected chi connectivity index (χ0v) is 17.8. The van der Waals surface area contributed by atoms with Gasteiger partial charge in [-0.1, -0.05) is 31.1 Å². The third-order valence-electron chi connectivity index (χ3n) is 4.79. The summed E-state index contributed by atoms with van der Waals surface area (Å²) in [6.07, 6.45) is 2.02. The molecule has 154 valence electrons. The molecule has 4 aromatic rings. The molecule has 2 aromatic carbocycles. The molecule has 2 aromatic heterocycles. The molecule has 0 aliphatic rings. The molecule has 0 aliphatic carbocycles. The molecule has 7 nitrogen and oxygen atoms in total. The second kappa shape index (κ2) is 8.31. The Kier molecular flexibility index (Phi) is 5.59. The lowest BCUT2D eigenvalue weighted by Gasteiger charge is -2.14. The van der Waals surface area contributed by atoms with Crippen molar-refractivity contribution >= 4 is 22.7 Å². The Morgan fingerprint density at radius 3 is 2.47 bits per heavy atom. The van der Waals surface area contributed by atoms with Crippen molar-refractivity contribution in [3.63, 3.8) is 0 Å². The maximum absolute atomic E-state index is 13.1. The highest BCUT2D eigenvalue weighted by Crippen LogP contribution is 2.21. The van der Waals surface area contributed by atoms with E-state index in [1.165, 1.54) is 9.13 Å². The van der Waals surface area contributed by atoms with E-state index in [0.29, 0.717) is 29.2 Å². The van der Waals surface area contributed by atoms with Crippen LogP contribution >= 0.6 is 11.8 Å². The van der Waals surface area contributed by atoms with Crippen LogP contribution in [0.15, 0.2) is 67.5 Å². The first-order chi connectivity index (χ1) is 14.5. The smallest absolute Gasteiger partial charge is 0.331 e. The maximum Gasteiger partial charge on any atom is 0.331 e. The van der Waals surface area contributed by atoms with E-state index < -0.39 is 0 Å². The quantitative estimate of drug-likeness (QED) is 0.441. The molecule has 0 unspecified atom stereocenters. The van der Waals surface area contributed by atoms with Crippen LogP contribution in [0, 0.1) is 5.92 Å². The molecule has 0 atom stereocenters. The van der Waals surface area contributed by atoms with E-state index in [1.54, 1.807) is 36.0 Å². The molecule has 8 heteroatoms. The van der Waals surface area contributed by atoms with Crippen LogP contribution in [-0.4, -0.2) is 25.5 Å². The normalized spacial score (nSPS) is 11.5. The number of benzene rings is 2. The number of hydrogen-bond donors (Lipinski definition) is 0. The van der Waals surface area contributed by atoms with Gasteiger partial charge in [0.15, 0.2) is 0 Å². The van der Waals surface area contributed by atoms with E-state index in [4.69, 9.17) is 4.52 Å². The van der Waals surface area contributed by atoms with Gasteiger partial charge in [-0.3, -0.25) is 13.9 Å². The molecule has 0 bridgehead atoms. The molecule has 0 amide bonds. The summed E-state index contributed by atoms with van der Waals surface area (Å²) in [5.74, 6) is 0.927. The minimum Gasteiger partial charge on any atom is -0.337 e. The number of fused-ring (bicyclic) bond motifs is 1. The van der Waals surface area contributed by atoms with Gasteiger partial charge in [-0.15, -0.1) is 11.8 Å². The Bertz CT molecular complexity index is 1300. The molecule has 0 fully saturated rings. The van der Waals surface area contributed by atoms with Crippen molar-refractivity contribution < 1.29 is 4.52 Å². The predicted molar refractivity (Wildman–Crippen MR) is 118 cm³/mol. The highest BCUT2D eigenvalue weighted by atomic mass is 32.2. The average Bonchev–Trinajstić information content (AvgIpc) is 3.23. The monoisotopic (exact) mass is 422 g/mol. The topological polar surface area (TPSA) is 82.9 Å². The summed E-state index contributed by atoms with van der Waals surface area (Å²) >= 11 is 1.66. The van der Waals surface area contributed by atoms with Crippen LogP contribution in [-0.2, 0) is 13.1 Å². The highest BCUT2D eigenvalue weighted by molar-refractivity contribution is 7.98.